The Morgan fingerprint density at radius 1 is 1.21 bits per heavy atom. The van der Waals surface area contributed by atoms with Crippen LogP contribution in [0.4, 0.5) is 5.69 Å². The quantitative estimate of drug-likeness (QED) is 0.628. The summed E-state index contributed by atoms with van der Waals surface area (Å²) in [5.41, 5.74) is 0.513. The Morgan fingerprint density at radius 3 is 2.71 bits per heavy atom. The van der Waals surface area contributed by atoms with E-state index < -0.39 is 21.0 Å². The van der Waals surface area contributed by atoms with Crippen molar-refractivity contribution < 1.29 is 18.1 Å². The van der Waals surface area contributed by atoms with E-state index in [4.69, 9.17) is 4.74 Å². The van der Waals surface area contributed by atoms with Crippen molar-refractivity contribution in [1.29, 1.82) is 0 Å². The van der Waals surface area contributed by atoms with Crippen molar-refractivity contribution in [3.63, 3.8) is 0 Å². The van der Waals surface area contributed by atoms with Crippen molar-refractivity contribution in [2.24, 2.45) is 0 Å². The van der Waals surface area contributed by atoms with Gasteiger partial charge in [-0.3, -0.25) is 10.1 Å². The summed E-state index contributed by atoms with van der Waals surface area (Å²) in [5, 5.41) is 10.9. The van der Waals surface area contributed by atoms with Crippen LogP contribution in [-0.4, -0.2) is 30.8 Å². The molecule has 0 aromatic heterocycles. The zero-order chi connectivity index (χ0) is 17.3. The molecule has 2 aromatic rings. The molecule has 1 aliphatic rings. The standard InChI is InChI=1S/C16H16N2O5S/c1-12-15-7-2-3-8-16(15)23-10-9-17(12)24(21,22)14-6-4-5-13(11-14)18(19)20/h2-8,11-12H,9-10H2,1H3. The largest absolute Gasteiger partial charge is 0.492 e. The molecule has 0 N–H and O–H groups in total. The van der Waals surface area contributed by atoms with Gasteiger partial charge in [0.2, 0.25) is 10.0 Å². The van der Waals surface area contributed by atoms with Crippen LogP contribution in [0.3, 0.4) is 0 Å². The number of non-ortho nitro benzene ring substituents is 1. The molecule has 0 aliphatic carbocycles. The third kappa shape index (κ3) is 2.85. The minimum absolute atomic E-state index is 0.0945. The SMILES string of the molecule is CC1c2ccccc2OCCN1S(=O)(=O)c1cccc([N+](=O)[O-])c1. The monoisotopic (exact) mass is 348 g/mol. The first-order chi connectivity index (χ1) is 11.4. The predicted octanol–water partition coefficient (Wildman–Crippen LogP) is 2.74. The molecule has 1 unspecified atom stereocenters. The fraction of sp³-hybridized carbons (Fsp3) is 0.250. The first-order valence-corrected chi connectivity index (χ1v) is 8.83. The van der Waals surface area contributed by atoms with E-state index in [9.17, 15) is 18.5 Å². The van der Waals surface area contributed by atoms with Gasteiger partial charge in [0.25, 0.3) is 5.69 Å². The summed E-state index contributed by atoms with van der Waals surface area (Å²) in [7, 11) is -3.88. The van der Waals surface area contributed by atoms with E-state index in [1.165, 1.54) is 22.5 Å². The maximum absolute atomic E-state index is 13.0. The Balaban J connectivity index is 2.04. The Bertz CT molecular complexity index is 882. The average molecular weight is 348 g/mol. The summed E-state index contributed by atoms with van der Waals surface area (Å²) < 4.78 is 32.9. The number of sulfonamides is 1. The van der Waals surface area contributed by atoms with Crippen molar-refractivity contribution in [3.05, 3.63) is 64.2 Å². The number of benzene rings is 2. The number of nitro groups is 1. The van der Waals surface area contributed by atoms with E-state index in [1.54, 1.807) is 13.0 Å². The normalized spacial score (nSPS) is 18.3. The van der Waals surface area contributed by atoms with Crippen molar-refractivity contribution in [1.82, 2.24) is 4.31 Å². The molecule has 0 saturated heterocycles. The van der Waals surface area contributed by atoms with Gasteiger partial charge in [0.15, 0.2) is 0 Å². The summed E-state index contributed by atoms with van der Waals surface area (Å²) in [6.45, 7) is 2.17. The highest BCUT2D eigenvalue weighted by Gasteiger charge is 2.33. The Labute approximate surface area is 139 Å². The van der Waals surface area contributed by atoms with Gasteiger partial charge in [0.05, 0.1) is 15.9 Å². The molecule has 2 aromatic carbocycles. The van der Waals surface area contributed by atoms with Gasteiger partial charge < -0.3 is 4.74 Å². The van der Waals surface area contributed by atoms with Gasteiger partial charge >= 0.3 is 0 Å². The highest BCUT2D eigenvalue weighted by Crippen LogP contribution is 2.35. The second kappa shape index (κ2) is 6.21. The fourth-order valence-electron chi connectivity index (χ4n) is 2.77. The van der Waals surface area contributed by atoms with Gasteiger partial charge in [0, 0.05) is 24.2 Å². The minimum atomic E-state index is -3.88. The molecule has 3 rings (SSSR count). The smallest absolute Gasteiger partial charge is 0.270 e. The molecule has 0 saturated carbocycles. The Hall–Kier alpha value is -2.45. The molecule has 1 atom stereocenters. The van der Waals surface area contributed by atoms with Crippen LogP contribution in [0.15, 0.2) is 53.4 Å². The molecule has 0 bridgehead atoms. The van der Waals surface area contributed by atoms with Crippen molar-refractivity contribution in [2.45, 2.75) is 17.9 Å². The van der Waals surface area contributed by atoms with Gasteiger partial charge in [-0.2, -0.15) is 4.31 Å². The third-order valence-electron chi connectivity index (χ3n) is 4.01. The molecule has 0 fully saturated rings. The molecule has 0 amide bonds. The lowest BCUT2D eigenvalue weighted by Gasteiger charge is -2.26. The summed E-state index contributed by atoms with van der Waals surface area (Å²) in [5.74, 6) is 0.654. The lowest BCUT2D eigenvalue weighted by Crippen LogP contribution is -2.35. The van der Waals surface area contributed by atoms with E-state index in [0.29, 0.717) is 5.75 Å². The topological polar surface area (TPSA) is 89.8 Å². The third-order valence-corrected chi connectivity index (χ3v) is 5.97. The van der Waals surface area contributed by atoms with Crippen LogP contribution in [0, 0.1) is 10.1 Å². The van der Waals surface area contributed by atoms with E-state index in [2.05, 4.69) is 0 Å². The Morgan fingerprint density at radius 2 is 1.96 bits per heavy atom. The number of para-hydroxylation sites is 1. The lowest BCUT2D eigenvalue weighted by molar-refractivity contribution is -0.385. The number of hydrogen-bond acceptors (Lipinski definition) is 5. The van der Waals surface area contributed by atoms with E-state index in [1.807, 2.05) is 18.2 Å². The zero-order valence-corrected chi connectivity index (χ0v) is 13.8. The number of rotatable bonds is 3. The molecule has 126 valence electrons. The number of ether oxygens (including phenoxy) is 1. The van der Waals surface area contributed by atoms with Crippen LogP contribution < -0.4 is 4.74 Å². The van der Waals surface area contributed by atoms with Gasteiger partial charge in [-0.1, -0.05) is 24.3 Å². The molecule has 1 heterocycles. The second-order valence-electron chi connectivity index (χ2n) is 5.43. The number of hydrogen-bond donors (Lipinski definition) is 0. The highest BCUT2D eigenvalue weighted by molar-refractivity contribution is 7.89. The molecule has 8 heteroatoms. The molecular formula is C16H16N2O5S. The molecule has 1 aliphatic heterocycles. The highest BCUT2D eigenvalue weighted by atomic mass is 32.2. The van der Waals surface area contributed by atoms with Crippen LogP contribution in [0.5, 0.6) is 5.75 Å². The van der Waals surface area contributed by atoms with Crippen molar-refractivity contribution in [3.8, 4) is 5.75 Å². The molecule has 7 nitrogen and oxygen atoms in total. The van der Waals surface area contributed by atoms with E-state index in [-0.39, 0.29) is 23.7 Å². The van der Waals surface area contributed by atoms with Crippen LogP contribution >= 0.6 is 0 Å². The lowest BCUT2D eigenvalue weighted by atomic mass is 10.1. The van der Waals surface area contributed by atoms with Crippen molar-refractivity contribution >= 4 is 15.7 Å². The van der Waals surface area contributed by atoms with Crippen molar-refractivity contribution in [2.75, 3.05) is 13.2 Å². The van der Waals surface area contributed by atoms with Gasteiger partial charge in [0.1, 0.15) is 12.4 Å². The fourth-order valence-corrected chi connectivity index (χ4v) is 4.41. The summed E-state index contributed by atoms with van der Waals surface area (Å²) in [6.07, 6.45) is 0. The van der Waals surface area contributed by atoms with E-state index in [0.717, 1.165) is 11.6 Å². The predicted molar refractivity (Wildman–Crippen MR) is 87.3 cm³/mol. The van der Waals surface area contributed by atoms with Gasteiger partial charge in [-0.05, 0) is 19.1 Å². The number of fused-ring (bicyclic) bond motifs is 1. The summed E-state index contributed by atoms with van der Waals surface area (Å²) in [4.78, 5) is 10.2. The van der Waals surface area contributed by atoms with Gasteiger partial charge in [-0.15, -0.1) is 0 Å². The molecule has 0 spiro atoms. The first-order valence-electron chi connectivity index (χ1n) is 7.39. The second-order valence-corrected chi connectivity index (χ2v) is 7.32. The van der Waals surface area contributed by atoms with Crippen LogP contribution in [0.1, 0.15) is 18.5 Å². The summed E-state index contributed by atoms with van der Waals surface area (Å²) in [6, 6.07) is 11.9. The number of nitro benzene ring substituents is 1. The maximum atomic E-state index is 13.0. The molecule has 0 radical (unpaired) electrons. The summed E-state index contributed by atoms with van der Waals surface area (Å²) >= 11 is 0. The Kier molecular flexibility index (Phi) is 4.25. The van der Waals surface area contributed by atoms with Crippen LogP contribution in [0.2, 0.25) is 0 Å². The zero-order valence-electron chi connectivity index (χ0n) is 13.0. The minimum Gasteiger partial charge on any atom is -0.492 e. The average Bonchev–Trinajstić information content (AvgIpc) is 2.75. The molecule has 24 heavy (non-hydrogen) atoms. The van der Waals surface area contributed by atoms with Crippen LogP contribution in [-0.2, 0) is 10.0 Å². The number of nitrogens with zero attached hydrogens (tertiary/aromatic N) is 2. The van der Waals surface area contributed by atoms with E-state index >= 15 is 0 Å². The maximum Gasteiger partial charge on any atom is 0.270 e. The molecular weight excluding hydrogens is 332 g/mol. The van der Waals surface area contributed by atoms with Gasteiger partial charge in [-0.25, -0.2) is 8.42 Å². The first kappa shape index (κ1) is 16.4. The van der Waals surface area contributed by atoms with Crippen LogP contribution in [0.25, 0.3) is 0 Å².